The Morgan fingerprint density at radius 1 is 1.00 bits per heavy atom. The molecule has 2 rings (SSSR count). The molecule has 0 saturated heterocycles. The number of hydrogen-bond donors (Lipinski definition) is 2. The van der Waals surface area contributed by atoms with E-state index in [4.69, 9.17) is 10.6 Å². The second kappa shape index (κ2) is 4.89. The molecule has 88 valence electrons. The molecule has 0 aliphatic rings. The lowest BCUT2D eigenvalue weighted by atomic mass is 10.2. The Hall–Kier alpha value is -2.00. The Bertz CT molecular complexity index is 523. The Morgan fingerprint density at radius 2 is 1.76 bits per heavy atom. The summed E-state index contributed by atoms with van der Waals surface area (Å²) in [7, 11) is 0. The van der Waals surface area contributed by atoms with E-state index < -0.39 is 0 Å². The highest BCUT2D eigenvalue weighted by molar-refractivity contribution is 5.53. The minimum atomic E-state index is 0.812. The van der Waals surface area contributed by atoms with Crippen LogP contribution in [0.15, 0.2) is 42.5 Å². The first-order valence-electron chi connectivity index (χ1n) is 5.51. The van der Waals surface area contributed by atoms with Crippen LogP contribution in [0.5, 0.6) is 11.5 Å². The van der Waals surface area contributed by atoms with Gasteiger partial charge >= 0.3 is 0 Å². The molecule has 2 aromatic carbocycles. The van der Waals surface area contributed by atoms with Crippen LogP contribution in [0.4, 0.5) is 5.69 Å². The number of anilines is 1. The average molecular weight is 228 g/mol. The highest BCUT2D eigenvalue weighted by Crippen LogP contribution is 2.25. The number of rotatable bonds is 3. The van der Waals surface area contributed by atoms with Crippen molar-refractivity contribution in [2.75, 3.05) is 5.43 Å². The van der Waals surface area contributed by atoms with E-state index in [1.54, 1.807) is 0 Å². The Balaban J connectivity index is 2.22. The predicted molar refractivity (Wildman–Crippen MR) is 70.2 cm³/mol. The van der Waals surface area contributed by atoms with Crippen LogP contribution < -0.4 is 16.0 Å². The minimum Gasteiger partial charge on any atom is -0.457 e. The summed E-state index contributed by atoms with van der Waals surface area (Å²) in [6.45, 7) is 4.03. The molecule has 0 radical (unpaired) electrons. The maximum absolute atomic E-state index is 5.77. The van der Waals surface area contributed by atoms with E-state index in [1.807, 2.05) is 56.3 Å². The number of benzene rings is 2. The number of hydrogen-bond acceptors (Lipinski definition) is 3. The van der Waals surface area contributed by atoms with Gasteiger partial charge in [-0.3, -0.25) is 5.84 Å². The first-order chi connectivity index (χ1) is 8.19. The third-order valence-corrected chi connectivity index (χ3v) is 2.58. The Labute approximate surface area is 101 Å². The van der Waals surface area contributed by atoms with E-state index in [0.29, 0.717) is 0 Å². The SMILES string of the molecule is Cc1cccc(Oc2ccc(NN)c(C)c2)c1. The lowest BCUT2D eigenvalue weighted by Gasteiger charge is -2.09. The standard InChI is InChI=1S/C14H16N2O/c1-10-4-3-5-12(8-10)17-13-6-7-14(16-15)11(2)9-13/h3-9,16H,15H2,1-2H3. The summed E-state index contributed by atoms with van der Waals surface area (Å²) in [5.41, 5.74) is 5.78. The van der Waals surface area contributed by atoms with Crippen molar-refractivity contribution in [2.24, 2.45) is 5.84 Å². The summed E-state index contributed by atoms with van der Waals surface area (Å²) in [5.74, 6) is 7.04. The summed E-state index contributed by atoms with van der Waals surface area (Å²) in [5, 5.41) is 0. The third kappa shape index (κ3) is 2.77. The number of nitrogen functional groups attached to an aromatic ring is 1. The third-order valence-electron chi connectivity index (χ3n) is 2.58. The average Bonchev–Trinajstić information content (AvgIpc) is 2.29. The smallest absolute Gasteiger partial charge is 0.127 e. The molecule has 0 aliphatic heterocycles. The summed E-state index contributed by atoms with van der Waals surface area (Å²) >= 11 is 0. The van der Waals surface area contributed by atoms with Gasteiger partial charge in [0.15, 0.2) is 0 Å². The molecular weight excluding hydrogens is 212 g/mol. The van der Waals surface area contributed by atoms with Crippen molar-refractivity contribution >= 4 is 5.69 Å². The van der Waals surface area contributed by atoms with Gasteiger partial charge in [0, 0.05) is 0 Å². The van der Waals surface area contributed by atoms with Crippen molar-refractivity contribution in [3.8, 4) is 11.5 Å². The van der Waals surface area contributed by atoms with Crippen molar-refractivity contribution in [1.29, 1.82) is 0 Å². The number of nitrogens with two attached hydrogens (primary N) is 1. The van der Waals surface area contributed by atoms with Crippen molar-refractivity contribution in [3.63, 3.8) is 0 Å². The molecule has 0 spiro atoms. The van der Waals surface area contributed by atoms with E-state index in [-0.39, 0.29) is 0 Å². The molecule has 2 aromatic rings. The molecule has 17 heavy (non-hydrogen) atoms. The van der Waals surface area contributed by atoms with Gasteiger partial charge < -0.3 is 10.2 Å². The van der Waals surface area contributed by atoms with Crippen molar-refractivity contribution in [1.82, 2.24) is 0 Å². The number of nitrogens with one attached hydrogen (secondary N) is 1. The van der Waals surface area contributed by atoms with E-state index in [9.17, 15) is 0 Å². The van der Waals surface area contributed by atoms with Crippen LogP contribution in [0.1, 0.15) is 11.1 Å². The van der Waals surface area contributed by atoms with Crippen molar-refractivity contribution < 1.29 is 4.74 Å². The van der Waals surface area contributed by atoms with Crippen LogP contribution >= 0.6 is 0 Å². The first-order valence-corrected chi connectivity index (χ1v) is 5.51. The highest BCUT2D eigenvalue weighted by Gasteiger charge is 2.01. The zero-order chi connectivity index (χ0) is 12.3. The predicted octanol–water partition coefficient (Wildman–Crippen LogP) is 3.38. The van der Waals surface area contributed by atoms with Gasteiger partial charge in [0.25, 0.3) is 0 Å². The molecule has 0 bridgehead atoms. The van der Waals surface area contributed by atoms with E-state index in [1.165, 1.54) is 5.56 Å². The molecular formula is C14H16N2O. The number of aryl methyl sites for hydroxylation is 2. The Morgan fingerprint density at radius 3 is 2.41 bits per heavy atom. The molecule has 3 N–H and O–H groups in total. The second-order valence-corrected chi connectivity index (χ2v) is 4.04. The van der Waals surface area contributed by atoms with Crippen LogP contribution in [0.25, 0.3) is 0 Å². The van der Waals surface area contributed by atoms with Crippen LogP contribution in [0.2, 0.25) is 0 Å². The van der Waals surface area contributed by atoms with Gasteiger partial charge in [0.2, 0.25) is 0 Å². The van der Waals surface area contributed by atoms with Gasteiger partial charge in [-0.1, -0.05) is 12.1 Å². The fourth-order valence-corrected chi connectivity index (χ4v) is 1.68. The van der Waals surface area contributed by atoms with Gasteiger partial charge in [0.1, 0.15) is 11.5 Å². The maximum atomic E-state index is 5.77. The fourth-order valence-electron chi connectivity index (χ4n) is 1.68. The van der Waals surface area contributed by atoms with Gasteiger partial charge in [0.05, 0.1) is 5.69 Å². The largest absolute Gasteiger partial charge is 0.457 e. The quantitative estimate of drug-likeness (QED) is 0.625. The summed E-state index contributed by atoms with van der Waals surface area (Å²) in [6, 6.07) is 13.7. The van der Waals surface area contributed by atoms with Crippen molar-refractivity contribution in [3.05, 3.63) is 53.6 Å². The normalized spacial score (nSPS) is 10.1. The van der Waals surface area contributed by atoms with E-state index in [0.717, 1.165) is 22.7 Å². The zero-order valence-corrected chi connectivity index (χ0v) is 10.0. The molecule has 0 aliphatic carbocycles. The molecule has 0 saturated carbocycles. The summed E-state index contributed by atoms with van der Waals surface area (Å²) in [6.07, 6.45) is 0. The van der Waals surface area contributed by atoms with Crippen LogP contribution in [-0.2, 0) is 0 Å². The van der Waals surface area contributed by atoms with Gasteiger partial charge in [-0.15, -0.1) is 0 Å². The molecule has 0 heterocycles. The van der Waals surface area contributed by atoms with Gasteiger partial charge in [-0.05, 0) is 55.3 Å². The van der Waals surface area contributed by atoms with Crippen LogP contribution in [-0.4, -0.2) is 0 Å². The molecule has 0 unspecified atom stereocenters. The summed E-state index contributed by atoms with van der Waals surface area (Å²) < 4.78 is 5.77. The van der Waals surface area contributed by atoms with Gasteiger partial charge in [-0.25, -0.2) is 0 Å². The van der Waals surface area contributed by atoms with Crippen LogP contribution in [0, 0.1) is 13.8 Å². The lowest BCUT2D eigenvalue weighted by Crippen LogP contribution is -2.07. The maximum Gasteiger partial charge on any atom is 0.127 e. The zero-order valence-electron chi connectivity index (χ0n) is 10.0. The van der Waals surface area contributed by atoms with E-state index >= 15 is 0 Å². The first kappa shape index (κ1) is 11.5. The summed E-state index contributed by atoms with van der Waals surface area (Å²) in [4.78, 5) is 0. The van der Waals surface area contributed by atoms with Crippen molar-refractivity contribution in [2.45, 2.75) is 13.8 Å². The highest BCUT2D eigenvalue weighted by atomic mass is 16.5. The molecule has 3 nitrogen and oxygen atoms in total. The molecule has 3 heteroatoms. The molecule has 0 atom stereocenters. The lowest BCUT2D eigenvalue weighted by molar-refractivity contribution is 0.482. The van der Waals surface area contributed by atoms with E-state index in [2.05, 4.69) is 5.43 Å². The molecule has 0 fully saturated rings. The number of ether oxygens (including phenoxy) is 1. The monoisotopic (exact) mass is 228 g/mol. The fraction of sp³-hybridized carbons (Fsp3) is 0.143. The number of hydrazine groups is 1. The molecule has 0 amide bonds. The topological polar surface area (TPSA) is 47.3 Å². The minimum absolute atomic E-state index is 0.812. The van der Waals surface area contributed by atoms with Crippen LogP contribution in [0.3, 0.4) is 0 Å². The Kier molecular flexibility index (Phi) is 3.30. The second-order valence-electron chi connectivity index (χ2n) is 4.04. The molecule has 0 aromatic heterocycles. The van der Waals surface area contributed by atoms with Gasteiger partial charge in [-0.2, -0.15) is 0 Å².